The van der Waals surface area contributed by atoms with Gasteiger partial charge in [0.1, 0.15) is 0 Å². The number of aliphatic hydroxyl groups excluding tert-OH is 1. The Morgan fingerprint density at radius 3 is 1.67 bits per heavy atom. The zero-order chi connectivity index (χ0) is 5.41. The highest BCUT2D eigenvalue weighted by molar-refractivity contribution is 7.93. The summed E-state index contributed by atoms with van der Waals surface area (Å²) in [5.74, 6) is 0. The van der Waals surface area contributed by atoms with Crippen molar-refractivity contribution in [2.45, 2.75) is 6.92 Å². The third kappa shape index (κ3) is 1300. The van der Waals surface area contributed by atoms with Crippen LogP contribution in [0.2, 0.25) is 0 Å². The Hall–Kier alpha value is 0.180. The van der Waals surface area contributed by atoms with Crippen LogP contribution in [-0.2, 0) is 0 Å². The van der Waals surface area contributed by atoms with Gasteiger partial charge in [0.05, 0.1) is 0 Å². The molecule has 1 nitrogen and oxygen atoms in total. The molecule has 1 N–H and O–H groups in total. The molecule has 36 valence electrons. The molecule has 0 bridgehead atoms. The van der Waals surface area contributed by atoms with Gasteiger partial charge in [-0.1, -0.05) is 0 Å². The highest BCUT2D eigenvalue weighted by Crippen LogP contribution is 1.30. The van der Waals surface area contributed by atoms with E-state index in [1.54, 1.807) is 6.92 Å². The monoisotopic (exact) mass is 122 g/mol. The quantitative estimate of drug-likeness (QED) is 0.484. The number of aliphatic hydroxyl groups is 1. The van der Waals surface area contributed by atoms with Crippen LogP contribution in [0.15, 0.2) is 0 Å². The summed E-state index contributed by atoms with van der Waals surface area (Å²) in [7, 11) is 0. The Kier molecular flexibility index (Phi) is 30.1. The number of thiocarbonyl (C=S) groups is 2. The standard InChI is InChI=1S/C2H6O.CS2/c1-2-3;2-1-3/h3H,2H2,1H3;. The van der Waals surface area contributed by atoms with Gasteiger partial charge >= 0.3 is 0 Å². The van der Waals surface area contributed by atoms with Gasteiger partial charge in [-0.05, 0) is 31.4 Å². The first-order chi connectivity index (χ1) is 2.83. The molecule has 0 radical (unpaired) electrons. The van der Waals surface area contributed by atoms with Gasteiger partial charge in [-0.15, -0.1) is 0 Å². The number of hydrogen-bond donors (Lipinski definition) is 1. The van der Waals surface area contributed by atoms with Crippen LogP contribution in [0.4, 0.5) is 0 Å². The maximum atomic E-state index is 7.57. The van der Waals surface area contributed by atoms with Crippen molar-refractivity contribution in [3.8, 4) is 0 Å². The Morgan fingerprint density at radius 1 is 1.67 bits per heavy atom. The third-order valence-electron chi connectivity index (χ3n) is 0. The van der Waals surface area contributed by atoms with E-state index < -0.39 is 0 Å². The fraction of sp³-hybridized carbons (Fsp3) is 0.667. The van der Waals surface area contributed by atoms with Gasteiger partial charge in [0.2, 0.25) is 0 Å². The van der Waals surface area contributed by atoms with Crippen LogP contribution in [0, 0.1) is 0 Å². The van der Waals surface area contributed by atoms with Gasteiger partial charge in [0.15, 0.2) is 0 Å². The van der Waals surface area contributed by atoms with Crippen molar-refractivity contribution in [3.05, 3.63) is 0 Å². The predicted octanol–water partition coefficient (Wildman–Crippen LogP) is 1.02. The van der Waals surface area contributed by atoms with Crippen LogP contribution >= 0.6 is 24.4 Å². The summed E-state index contributed by atoms with van der Waals surface area (Å²) in [5, 5.41) is 7.57. The molecule has 6 heavy (non-hydrogen) atoms. The van der Waals surface area contributed by atoms with Crippen LogP contribution in [0.25, 0.3) is 0 Å². The first-order valence-corrected chi connectivity index (χ1v) is 2.25. The molecule has 3 heteroatoms. The van der Waals surface area contributed by atoms with Crippen LogP contribution in [-0.4, -0.2) is 16.0 Å². The SMILES string of the molecule is CCO.S=C=S. The van der Waals surface area contributed by atoms with Gasteiger partial charge in [0.25, 0.3) is 0 Å². The van der Waals surface area contributed by atoms with Gasteiger partial charge in [-0.3, -0.25) is 0 Å². The van der Waals surface area contributed by atoms with Crippen molar-refractivity contribution in [2.75, 3.05) is 6.61 Å². The molecule has 0 saturated carbocycles. The van der Waals surface area contributed by atoms with E-state index in [1.807, 2.05) is 4.31 Å². The third-order valence-corrected chi connectivity index (χ3v) is 0. The number of hydrogen-bond acceptors (Lipinski definition) is 3. The molecule has 0 unspecified atom stereocenters. The van der Waals surface area contributed by atoms with Crippen molar-refractivity contribution in [1.82, 2.24) is 0 Å². The highest BCUT2D eigenvalue weighted by atomic mass is 32.1. The molecular weight excluding hydrogens is 116 g/mol. The molecule has 0 aliphatic heterocycles. The van der Waals surface area contributed by atoms with E-state index in [2.05, 4.69) is 24.4 Å². The molecule has 0 spiro atoms. The van der Waals surface area contributed by atoms with Crippen LogP contribution in [0.3, 0.4) is 0 Å². The van der Waals surface area contributed by atoms with Gasteiger partial charge in [-0.2, -0.15) is 0 Å². The largest absolute Gasteiger partial charge is 0.397 e. The lowest BCUT2D eigenvalue weighted by Gasteiger charge is -1.52. The lowest BCUT2D eigenvalue weighted by molar-refractivity contribution is 0.318. The summed E-state index contributed by atoms with van der Waals surface area (Å²) in [6.45, 7) is 1.93. The van der Waals surface area contributed by atoms with Crippen molar-refractivity contribution in [3.63, 3.8) is 0 Å². The summed E-state index contributed by atoms with van der Waals surface area (Å²) in [4.78, 5) is 0. The zero-order valence-corrected chi connectivity index (χ0v) is 5.10. The molecular formula is C3H6OS2. The summed E-state index contributed by atoms with van der Waals surface area (Å²) in [5.41, 5.74) is 0. The first-order valence-electron chi connectivity index (χ1n) is 1.43. The van der Waals surface area contributed by atoms with E-state index >= 15 is 0 Å². The average molecular weight is 122 g/mol. The maximum Gasteiger partial charge on any atom is 0.0402 e. The first kappa shape index (κ1) is 9.49. The minimum Gasteiger partial charge on any atom is -0.397 e. The average Bonchev–Trinajstić information content (AvgIpc) is 1.39. The molecule has 0 heterocycles. The van der Waals surface area contributed by atoms with E-state index in [4.69, 9.17) is 5.11 Å². The lowest BCUT2D eigenvalue weighted by Crippen LogP contribution is -1.57. The maximum absolute atomic E-state index is 7.57. The molecule has 0 aromatic rings. The molecule has 0 rings (SSSR count). The Balaban J connectivity index is 0. The Bertz CT molecular complexity index is 38.1. The van der Waals surface area contributed by atoms with Gasteiger partial charge in [0, 0.05) is 10.9 Å². The van der Waals surface area contributed by atoms with E-state index in [9.17, 15) is 0 Å². The van der Waals surface area contributed by atoms with E-state index in [0.29, 0.717) is 0 Å². The summed E-state index contributed by atoms with van der Waals surface area (Å²) in [6.07, 6.45) is 0. The fourth-order valence-electron chi connectivity index (χ4n) is 0. The van der Waals surface area contributed by atoms with Crippen LogP contribution < -0.4 is 0 Å². The molecule has 0 saturated heterocycles. The van der Waals surface area contributed by atoms with Crippen LogP contribution in [0.5, 0.6) is 0 Å². The Labute approximate surface area is 48.0 Å². The smallest absolute Gasteiger partial charge is 0.0402 e. The predicted molar refractivity (Wildman–Crippen MR) is 32.9 cm³/mol. The Morgan fingerprint density at radius 2 is 1.67 bits per heavy atom. The molecule has 0 aromatic carbocycles. The molecule has 0 aliphatic rings. The molecule has 0 aliphatic carbocycles. The minimum atomic E-state index is 0.250. The van der Waals surface area contributed by atoms with Crippen molar-refractivity contribution in [2.24, 2.45) is 0 Å². The summed E-state index contributed by atoms with van der Waals surface area (Å²) in [6, 6.07) is 0. The van der Waals surface area contributed by atoms with Crippen molar-refractivity contribution < 1.29 is 5.11 Å². The highest BCUT2D eigenvalue weighted by Gasteiger charge is 1.34. The van der Waals surface area contributed by atoms with Crippen molar-refractivity contribution in [1.29, 1.82) is 0 Å². The lowest BCUT2D eigenvalue weighted by atomic mass is 10.9. The van der Waals surface area contributed by atoms with Crippen molar-refractivity contribution >= 4 is 28.7 Å². The molecule has 0 fully saturated rings. The second kappa shape index (κ2) is 19.0. The van der Waals surface area contributed by atoms with Crippen LogP contribution in [0.1, 0.15) is 6.92 Å². The van der Waals surface area contributed by atoms with Gasteiger partial charge in [-0.25, -0.2) is 0 Å². The zero-order valence-electron chi connectivity index (χ0n) is 3.47. The summed E-state index contributed by atoms with van der Waals surface area (Å²) >= 11 is 7.92. The second-order valence-corrected chi connectivity index (χ2v) is 1.07. The topological polar surface area (TPSA) is 20.2 Å². The van der Waals surface area contributed by atoms with Gasteiger partial charge < -0.3 is 5.11 Å². The minimum absolute atomic E-state index is 0.250. The molecule has 0 amide bonds. The summed E-state index contributed by atoms with van der Waals surface area (Å²) < 4.78 is 1.92. The fourth-order valence-corrected chi connectivity index (χ4v) is 0. The number of rotatable bonds is 0. The van der Waals surface area contributed by atoms with E-state index in [-0.39, 0.29) is 6.61 Å². The molecule has 0 aromatic heterocycles. The normalized spacial score (nSPS) is 4.33. The second-order valence-electron chi connectivity index (χ2n) is 0.400. The van der Waals surface area contributed by atoms with E-state index in [1.165, 1.54) is 0 Å². The van der Waals surface area contributed by atoms with E-state index in [0.717, 1.165) is 0 Å². The molecule has 0 atom stereocenters.